The maximum absolute atomic E-state index is 12.7. The zero-order valence-electron chi connectivity index (χ0n) is 16.6. The maximum atomic E-state index is 12.7. The summed E-state index contributed by atoms with van der Waals surface area (Å²) in [6.07, 6.45) is 6.20. The lowest BCUT2D eigenvalue weighted by molar-refractivity contribution is -0.120. The number of phenolic OH excluding ortho intramolecular Hbond substituents is 1. The van der Waals surface area contributed by atoms with Crippen LogP contribution in [-0.4, -0.2) is 53.9 Å². The summed E-state index contributed by atoms with van der Waals surface area (Å²) in [5.74, 6) is 1.37. The van der Waals surface area contributed by atoms with Crippen LogP contribution in [0.1, 0.15) is 12.8 Å². The number of carbonyl (C=O) groups is 1. The van der Waals surface area contributed by atoms with Crippen molar-refractivity contribution in [1.29, 1.82) is 0 Å². The number of hydrogen-bond acceptors (Lipinski definition) is 8. The number of nitrogens with zero attached hydrogens (tertiary/aromatic N) is 7. The average molecular weight is 416 g/mol. The molecular formula is C21H20N8O2. The van der Waals surface area contributed by atoms with Gasteiger partial charge in [-0.3, -0.25) is 4.79 Å². The third-order valence-corrected chi connectivity index (χ3v) is 5.36. The van der Waals surface area contributed by atoms with Gasteiger partial charge in [-0.05, 0) is 37.1 Å². The quantitative estimate of drug-likeness (QED) is 0.519. The Morgan fingerprint density at radius 3 is 2.68 bits per heavy atom. The molecule has 1 fully saturated rings. The Kier molecular flexibility index (Phi) is 4.87. The van der Waals surface area contributed by atoms with E-state index in [0.29, 0.717) is 22.7 Å². The minimum atomic E-state index is -0.0827. The number of carbonyl (C=O) groups excluding carboxylic acids is 1. The van der Waals surface area contributed by atoms with Gasteiger partial charge >= 0.3 is 0 Å². The molecule has 0 bridgehead atoms. The Bertz CT molecular complexity index is 1220. The zero-order chi connectivity index (χ0) is 21.2. The number of anilines is 2. The molecule has 0 aliphatic carbocycles. The van der Waals surface area contributed by atoms with E-state index in [9.17, 15) is 9.90 Å². The molecule has 3 aromatic heterocycles. The summed E-state index contributed by atoms with van der Waals surface area (Å²) in [4.78, 5) is 23.4. The van der Waals surface area contributed by atoms with E-state index in [4.69, 9.17) is 0 Å². The van der Waals surface area contributed by atoms with Gasteiger partial charge in [0.05, 0.1) is 18.1 Å². The first-order chi connectivity index (χ1) is 15.2. The number of amides is 1. The molecule has 1 aliphatic rings. The highest BCUT2D eigenvalue weighted by Gasteiger charge is 2.26. The molecule has 2 N–H and O–H groups in total. The minimum absolute atomic E-state index is 0.0319. The first-order valence-corrected chi connectivity index (χ1v) is 10.00. The first-order valence-electron chi connectivity index (χ1n) is 10.00. The number of benzene rings is 1. The summed E-state index contributed by atoms with van der Waals surface area (Å²) in [6, 6.07) is 10.5. The Balaban J connectivity index is 1.19. The van der Waals surface area contributed by atoms with Crippen LogP contribution in [0, 0.1) is 5.92 Å². The topological polar surface area (TPSA) is 121 Å². The highest BCUT2D eigenvalue weighted by atomic mass is 16.3. The molecule has 10 heteroatoms. The third kappa shape index (κ3) is 4.00. The maximum Gasteiger partial charge on any atom is 0.227 e. The lowest BCUT2D eigenvalue weighted by Crippen LogP contribution is -2.38. The Morgan fingerprint density at radius 2 is 1.90 bits per heavy atom. The van der Waals surface area contributed by atoms with Gasteiger partial charge in [0.15, 0.2) is 11.5 Å². The van der Waals surface area contributed by atoms with Crippen LogP contribution in [0.4, 0.5) is 11.5 Å². The number of nitrogens with one attached hydrogen (secondary N) is 1. The van der Waals surface area contributed by atoms with Gasteiger partial charge in [0.1, 0.15) is 17.9 Å². The summed E-state index contributed by atoms with van der Waals surface area (Å²) in [6.45, 7) is 1.48. The number of aromatic nitrogens is 6. The van der Waals surface area contributed by atoms with Gasteiger partial charge in [0.25, 0.3) is 0 Å². The van der Waals surface area contributed by atoms with Gasteiger partial charge in [-0.15, -0.1) is 15.3 Å². The molecule has 10 nitrogen and oxygen atoms in total. The Hall–Kier alpha value is -4.08. The second-order valence-electron chi connectivity index (χ2n) is 7.42. The zero-order valence-corrected chi connectivity index (χ0v) is 16.6. The molecule has 4 aromatic rings. The van der Waals surface area contributed by atoms with E-state index in [1.807, 2.05) is 18.2 Å². The average Bonchev–Trinajstić information content (AvgIpc) is 3.28. The Labute approximate surface area is 177 Å². The number of rotatable bonds is 4. The van der Waals surface area contributed by atoms with Gasteiger partial charge in [-0.25, -0.2) is 9.97 Å². The fourth-order valence-corrected chi connectivity index (χ4v) is 3.69. The number of fused-ring (bicyclic) bond motifs is 1. The number of aromatic hydroxyl groups is 1. The molecule has 1 amide bonds. The fourth-order valence-electron chi connectivity index (χ4n) is 3.69. The van der Waals surface area contributed by atoms with Crippen molar-refractivity contribution in [1.82, 2.24) is 29.8 Å². The van der Waals surface area contributed by atoms with Gasteiger partial charge < -0.3 is 15.3 Å². The van der Waals surface area contributed by atoms with Crippen LogP contribution < -0.4 is 10.2 Å². The van der Waals surface area contributed by atoms with E-state index in [0.717, 1.165) is 31.7 Å². The van der Waals surface area contributed by atoms with Gasteiger partial charge in [-0.1, -0.05) is 12.1 Å². The predicted octanol–water partition coefficient (Wildman–Crippen LogP) is 2.14. The molecule has 156 valence electrons. The SMILES string of the molecule is O=C(Nc1cnc(-c2cccc(O)c2)nc1)C1CCN(c2ccc3nncn3n2)CC1. The van der Waals surface area contributed by atoms with Crippen LogP contribution >= 0.6 is 0 Å². The van der Waals surface area contributed by atoms with E-state index >= 15 is 0 Å². The molecule has 0 unspecified atom stereocenters. The summed E-state index contributed by atoms with van der Waals surface area (Å²) in [5, 5.41) is 24.8. The van der Waals surface area contributed by atoms with Crippen LogP contribution in [0.25, 0.3) is 17.0 Å². The largest absolute Gasteiger partial charge is 0.508 e. The second-order valence-corrected chi connectivity index (χ2v) is 7.42. The lowest BCUT2D eigenvalue weighted by Gasteiger charge is -2.31. The molecule has 31 heavy (non-hydrogen) atoms. The molecule has 1 aliphatic heterocycles. The van der Waals surface area contributed by atoms with Crippen LogP contribution in [0.15, 0.2) is 55.1 Å². The summed E-state index contributed by atoms with van der Waals surface area (Å²) in [5.41, 5.74) is 1.97. The van der Waals surface area contributed by atoms with E-state index in [-0.39, 0.29) is 17.6 Å². The Morgan fingerprint density at radius 1 is 1.10 bits per heavy atom. The van der Waals surface area contributed by atoms with Crippen molar-refractivity contribution in [2.75, 3.05) is 23.3 Å². The highest BCUT2D eigenvalue weighted by Crippen LogP contribution is 2.24. The van der Waals surface area contributed by atoms with Crippen molar-refractivity contribution in [3.05, 3.63) is 55.1 Å². The highest BCUT2D eigenvalue weighted by molar-refractivity contribution is 5.92. The van der Waals surface area contributed by atoms with Crippen molar-refractivity contribution < 1.29 is 9.90 Å². The van der Waals surface area contributed by atoms with Crippen molar-refractivity contribution in [2.24, 2.45) is 5.92 Å². The van der Waals surface area contributed by atoms with E-state index in [1.54, 1.807) is 41.4 Å². The molecular weight excluding hydrogens is 396 g/mol. The summed E-state index contributed by atoms with van der Waals surface area (Å²) >= 11 is 0. The van der Waals surface area contributed by atoms with Crippen molar-refractivity contribution in [3.63, 3.8) is 0 Å². The van der Waals surface area contributed by atoms with Crippen molar-refractivity contribution >= 4 is 23.1 Å². The predicted molar refractivity (Wildman–Crippen MR) is 113 cm³/mol. The summed E-state index contributed by atoms with van der Waals surface area (Å²) < 4.78 is 1.65. The number of phenols is 1. The molecule has 0 radical (unpaired) electrons. The van der Waals surface area contributed by atoms with Gasteiger partial charge in [0.2, 0.25) is 5.91 Å². The summed E-state index contributed by atoms with van der Waals surface area (Å²) in [7, 11) is 0. The molecule has 4 heterocycles. The third-order valence-electron chi connectivity index (χ3n) is 5.36. The van der Waals surface area contributed by atoms with E-state index < -0.39 is 0 Å². The molecule has 0 saturated carbocycles. The van der Waals surface area contributed by atoms with Crippen molar-refractivity contribution in [3.8, 4) is 17.1 Å². The minimum Gasteiger partial charge on any atom is -0.508 e. The molecule has 1 aromatic carbocycles. The molecule has 0 spiro atoms. The monoisotopic (exact) mass is 416 g/mol. The smallest absolute Gasteiger partial charge is 0.227 e. The molecule has 1 saturated heterocycles. The van der Waals surface area contributed by atoms with Crippen molar-refractivity contribution in [2.45, 2.75) is 12.8 Å². The number of piperidine rings is 1. The molecule has 5 rings (SSSR count). The lowest BCUT2D eigenvalue weighted by atomic mass is 9.96. The van der Waals surface area contributed by atoms with Crippen LogP contribution in [-0.2, 0) is 4.79 Å². The number of hydrogen-bond donors (Lipinski definition) is 2. The van der Waals surface area contributed by atoms with Crippen LogP contribution in [0.5, 0.6) is 5.75 Å². The van der Waals surface area contributed by atoms with E-state index in [2.05, 4.69) is 35.5 Å². The second kappa shape index (κ2) is 7.98. The van der Waals surface area contributed by atoms with Gasteiger partial charge in [-0.2, -0.15) is 4.52 Å². The molecule has 0 atom stereocenters. The fraction of sp³-hybridized carbons (Fsp3) is 0.238. The van der Waals surface area contributed by atoms with E-state index in [1.165, 1.54) is 0 Å². The normalized spacial score (nSPS) is 14.6. The van der Waals surface area contributed by atoms with Gasteiger partial charge in [0, 0.05) is 24.6 Å². The van der Waals surface area contributed by atoms with Crippen LogP contribution in [0.3, 0.4) is 0 Å². The van der Waals surface area contributed by atoms with Crippen LogP contribution in [0.2, 0.25) is 0 Å². The standard InChI is InChI=1S/C21H20N8O2/c30-17-3-1-2-15(10-17)20-22-11-16(12-23-20)25-21(31)14-6-8-28(9-7-14)19-5-4-18-26-24-13-29(18)27-19/h1-5,10-14,30H,6-9H2,(H,25,31). The first kappa shape index (κ1) is 18.9.